The summed E-state index contributed by atoms with van der Waals surface area (Å²) in [5.41, 5.74) is 0.430. The maximum Gasteiger partial charge on any atom is 0.0540 e. The molecule has 0 saturated heterocycles. The average Bonchev–Trinajstić information content (AvgIpc) is 2.28. The van der Waals surface area contributed by atoms with Gasteiger partial charge in [0, 0.05) is 6.54 Å². The number of hydrogen-bond donors (Lipinski definition) is 2. The van der Waals surface area contributed by atoms with Gasteiger partial charge in [-0.25, -0.2) is 0 Å². The fourth-order valence-electron chi connectivity index (χ4n) is 3.35. The largest absolute Gasteiger partial charge is 0.393 e. The van der Waals surface area contributed by atoms with Crippen molar-refractivity contribution in [2.75, 3.05) is 13.1 Å². The van der Waals surface area contributed by atoms with Crippen molar-refractivity contribution in [2.45, 2.75) is 65.9 Å². The molecule has 0 spiro atoms. The van der Waals surface area contributed by atoms with Gasteiger partial charge in [-0.05, 0) is 55.9 Å². The summed E-state index contributed by atoms with van der Waals surface area (Å²) in [5, 5.41) is 13.3. The van der Waals surface area contributed by atoms with Crippen LogP contribution in [0, 0.1) is 17.3 Å². The Hall–Kier alpha value is -0.0800. The second kappa shape index (κ2) is 6.75. The molecule has 0 aliphatic heterocycles. The lowest BCUT2D eigenvalue weighted by atomic mass is 9.64. The molecule has 1 aliphatic rings. The van der Waals surface area contributed by atoms with Gasteiger partial charge in [-0.15, -0.1) is 0 Å². The predicted octanol–water partition coefficient (Wildman–Crippen LogP) is 3.20. The minimum Gasteiger partial charge on any atom is -0.393 e. The number of aliphatic hydroxyl groups is 1. The van der Waals surface area contributed by atoms with Crippen LogP contribution in [0.15, 0.2) is 0 Å². The molecule has 102 valence electrons. The molecule has 2 N–H and O–H groups in total. The molecule has 0 radical (unpaired) electrons. The molecule has 1 atom stereocenters. The third-order valence-electron chi connectivity index (χ3n) is 4.55. The Bertz CT molecular complexity index is 201. The molecule has 0 aromatic rings. The van der Waals surface area contributed by atoms with Crippen LogP contribution in [0.2, 0.25) is 0 Å². The lowest BCUT2D eigenvalue weighted by Crippen LogP contribution is -2.43. The third-order valence-corrected chi connectivity index (χ3v) is 4.55. The molecular formula is C15H31NO. The smallest absolute Gasteiger partial charge is 0.0540 e. The van der Waals surface area contributed by atoms with E-state index in [-0.39, 0.29) is 6.10 Å². The van der Waals surface area contributed by atoms with Crippen molar-refractivity contribution in [1.29, 1.82) is 0 Å². The van der Waals surface area contributed by atoms with Crippen molar-refractivity contribution in [3.05, 3.63) is 0 Å². The van der Waals surface area contributed by atoms with E-state index in [4.69, 9.17) is 0 Å². The van der Waals surface area contributed by atoms with Crippen LogP contribution in [-0.4, -0.2) is 24.3 Å². The van der Waals surface area contributed by atoms with Gasteiger partial charge in [0.15, 0.2) is 0 Å². The van der Waals surface area contributed by atoms with Crippen LogP contribution in [0.1, 0.15) is 59.8 Å². The van der Waals surface area contributed by atoms with Crippen molar-refractivity contribution in [2.24, 2.45) is 17.3 Å². The van der Waals surface area contributed by atoms with E-state index in [9.17, 15) is 5.11 Å². The number of aliphatic hydroxyl groups excluding tert-OH is 1. The van der Waals surface area contributed by atoms with Gasteiger partial charge in [0.2, 0.25) is 0 Å². The number of rotatable bonds is 6. The number of hydrogen-bond acceptors (Lipinski definition) is 2. The van der Waals surface area contributed by atoms with E-state index in [0.717, 1.165) is 37.8 Å². The lowest BCUT2D eigenvalue weighted by molar-refractivity contribution is 0.0236. The van der Waals surface area contributed by atoms with Gasteiger partial charge >= 0.3 is 0 Å². The van der Waals surface area contributed by atoms with E-state index in [1.807, 2.05) is 0 Å². The van der Waals surface area contributed by atoms with Crippen LogP contribution in [0.4, 0.5) is 0 Å². The molecule has 0 aromatic carbocycles. The van der Waals surface area contributed by atoms with Crippen molar-refractivity contribution in [3.63, 3.8) is 0 Å². The first-order chi connectivity index (χ1) is 8.00. The van der Waals surface area contributed by atoms with E-state index < -0.39 is 0 Å². The van der Waals surface area contributed by atoms with Gasteiger partial charge in [-0.3, -0.25) is 0 Å². The molecule has 0 bridgehead atoms. The normalized spacial score (nSPS) is 31.8. The first-order valence-electron chi connectivity index (χ1n) is 7.39. The number of nitrogens with one attached hydrogen (secondary N) is 1. The summed E-state index contributed by atoms with van der Waals surface area (Å²) in [5.74, 6) is 1.53. The van der Waals surface area contributed by atoms with E-state index in [1.54, 1.807) is 0 Å². The molecule has 1 rings (SSSR count). The highest BCUT2D eigenvalue weighted by Gasteiger charge is 2.38. The minimum absolute atomic E-state index is 0.0454. The lowest BCUT2D eigenvalue weighted by Gasteiger charge is -2.44. The van der Waals surface area contributed by atoms with E-state index in [1.165, 1.54) is 19.3 Å². The zero-order valence-electron chi connectivity index (χ0n) is 12.1. The quantitative estimate of drug-likeness (QED) is 0.748. The molecule has 0 amide bonds. The van der Waals surface area contributed by atoms with Gasteiger partial charge < -0.3 is 10.4 Å². The van der Waals surface area contributed by atoms with Gasteiger partial charge in [-0.1, -0.05) is 27.7 Å². The van der Waals surface area contributed by atoms with Gasteiger partial charge in [0.05, 0.1) is 6.10 Å². The molecule has 1 saturated carbocycles. The van der Waals surface area contributed by atoms with Gasteiger partial charge in [0.1, 0.15) is 0 Å². The minimum atomic E-state index is -0.0454. The van der Waals surface area contributed by atoms with Crippen molar-refractivity contribution >= 4 is 0 Å². The Kier molecular flexibility index (Phi) is 5.94. The highest BCUT2D eigenvalue weighted by atomic mass is 16.3. The Labute approximate surface area is 107 Å². The second-order valence-electron chi connectivity index (χ2n) is 6.40. The van der Waals surface area contributed by atoms with E-state index in [2.05, 4.69) is 33.0 Å². The van der Waals surface area contributed by atoms with Crippen LogP contribution in [-0.2, 0) is 0 Å². The standard InChI is InChI=1S/C15H31NO/c1-5-16-11-15(13(4)10-12(2)3)8-6-14(17)7-9-15/h12-14,16-17H,5-11H2,1-4H3. The molecular weight excluding hydrogens is 210 g/mol. The van der Waals surface area contributed by atoms with Crippen LogP contribution in [0.3, 0.4) is 0 Å². The Balaban J connectivity index is 2.64. The first-order valence-corrected chi connectivity index (χ1v) is 7.39. The molecule has 2 heteroatoms. The fourth-order valence-corrected chi connectivity index (χ4v) is 3.35. The average molecular weight is 241 g/mol. The third kappa shape index (κ3) is 4.26. The summed E-state index contributed by atoms with van der Waals surface area (Å²) in [7, 11) is 0. The van der Waals surface area contributed by atoms with Gasteiger partial charge in [0.25, 0.3) is 0 Å². The van der Waals surface area contributed by atoms with Crippen molar-refractivity contribution in [3.8, 4) is 0 Å². The molecule has 1 fully saturated rings. The van der Waals surface area contributed by atoms with Crippen molar-refractivity contribution in [1.82, 2.24) is 5.32 Å². The summed E-state index contributed by atoms with van der Waals surface area (Å²) < 4.78 is 0. The van der Waals surface area contributed by atoms with E-state index >= 15 is 0 Å². The molecule has 17 heavy (non-hydrogen) atoms. The highest BCUT2D eigenvalue weighted by Crippen LogP contribution is 2.44. The summed E-state index contributed by atoms with van der Waals surface area (Å²) in [6.07, 6.45) is 5.63. The zero-order valence-corrected chi connectivity index (χ0v) is 12.1. The molecule has 0 aromatic heterocycles. The van der Waals surface area contributed by atoms with Gasteiger partial charge in [-0.2, -0.15) is 0 Å². The molecule has 1 unspecified atom stereocenters. The topological polar surface area (TPSA) is 32.3 Å². The Morgan fingerprint density at radius 2 is 1.82 bits per heavy atom. The molecule has 1 aliphatic carbocycles. The Morgan fingerprint density at radius 1 is 1.24 bits per heavy atom. The maximum absolute atomic E-state index is 9.71. The second-order valence-corrected chi connectivity index (χ2v) is 6.40. The maximum atomic E-state index is 9.71. The zero-order chi connectivity index (χ0) is 12.9. The summed E-state index contributed by atoms with van der Waals surface area (Å²) in [6, 6.07) is 0. The monoisotopic (exact) mass is 241 g/mol. The van der Waals surface area contributed by atoms with Crippen molar-refractivity contribution < 1.29 is 5.11 Å². The molecule has 0 heterocycles. The van der Waals surface area contributed by atoms with Crippen LogP contribution >= 0.6 is 0 Å². The fraction of sp³-hybridized carbons (Fsp3) is 1.00. The summed E-state index contributed by atoms with van der Waals surface area (Å²) in [4.78, 5) is 0. The summed E-state index contributed by atoms with van der Waals surface area (Å²) in [6.45, 7) is 11.4. The predicted molar refractivity (Wildman–Crippen MR) is 74.1 cm³/mol. The SMILES string of the molecule is CCNCC1(C(C)CC(C)C)CCC(O)CC1. The summed E-state index contributed by atoms with van der Waals surface area (Å²) >= 11 is 0. The highest BCUT2D eigenvalue weighted by molar-refractivity contribution is 4.91. The first kappa shape index (κ1) is 15.0. The van der Waals surface area contributed by atoms with Crippen LogP contribution < -0.4 is 5.32 Å². The molecule has 2 nitrogen and oxygen atoms in total. The van der Waals surface area contributed by atoms with E-state index in [0.29, 0.717) is 5.41 Å². The van der Waals surface area contributed by atoms with Crippen LogP contribution in [0.5, 0.6) is 0 Å². The van der Waals surface area contributed by atoms with Crippen LogP contribution in [0.25, 0.3) is 0 Å². The Morgan fingerprint density at radius 3 is 2.29 bits per heavy atom.